The van der Waals surface area contributed by atoms with Gasteiger partial charge in [-0.3, -0.25) is 4.79 Å². The Balaban J connectivity index is 1.50. The van der Waals surface area contributed by atoms with Crippen molar-refractivity contribution in [2.24, 2.45) is 0 Å². The number of carbonyl (C=O) groups is 3. The van der Waals surface area contributed by atoms with Crippen molar-refractivity contribution in [1.82, 2.24) is 14.8 Å². The molecule has 0 bridgehead atoms. The Labute approximate surface area is 253 Å². The molecule has 3 aromatic rings. The van der Waals surface area contributed by atoms with Crippen LogP contribution >= 0.6 is 19.5 Å². The summed E-state index contributed by atoms with van der Waals surface area (Å²) in [4.78, 5) is 50.6. The zero-order valence-corrected chi connectivity index (χ0v) is 25.8. The van der Waals surface area contributed by atoms with Crippen LogP contribution in [-0.4, -0.2) is 70.3 Å². The molecule has 1 aromatic heterocycles. The van der Waals surface area contributed by atoms with Crippen molar-refractivity contribution in [3.63, 3.8) is 0 Å². The number of aromatic nitrogens is 1. The SMILES string of the molecule is CCO[PH](O)(COc1ccc2c(c1)c(C(C)=O)cn2CC(=O)N1C[C@H](F)C[C@H]1C(=O)NCc1cccc(Cl)c1F)OCC. The van der Waals surface area contributed by atoms with Crippen LogP contribution in [0.4, 0.5) is 8.78 Å². The number of ketones is 1. The Kier molecular flexibility index (Phi) is 10.7. The minimum atomic E-state index is -3.55. The molecule has 0 spiro atoms. The van der Waals surface area contributed by atoms with E-state index >= 15 is 0 Å². The van der Waals surface area contributed by atoms with E-state index in [0.29, 0.717) is 22.2 Å². The number of halogens is 3. The van der Waals surface area contributed by atoms with E-state index < -0.39 is 37.8 Å². The molecule has 1 aliphatic heterocycles. The number of alkyl halides is 1. The van der Waals surface area contributed by atoms with Gasteiger partial charge in [0.1, 0.15) is 5.82 Å². The molecule has 0 radical (unpaired) electrons. The molecule has 1 aliphatic rings. The molecule has 10 nitrogen and oxygen atoms in total. The summed E-state index contributed by atoms with van der Waals surface area (Å²) in [5.41, 5.74) is 1.04. The second-order valence-corrected chi connectivity index (χ2v) is 12.8. The molecule has 2 atom stereocenters. The van der Waals surface area contributed by atoms with E-state index in [-0.39, 0.29) is 62.0 Å². The monoisotopic (exact) mass is 641 g/mol. The van der Waals surface area contributed by atoms with Crippen LogP contribution in [0.1, 0.15) is 43.1 Å². The second-order valence-electron chi connectivity index (χ2n) is 10.1. The van der Waals surface area contributed by atoms with Gasteiger partial charge in [0.15, 0.2) is 0 Å². The van der Waals surface area contributed by atoms with Crippen LogP contribution in [-0.2, 0) is 31.7 Å². The molecule has 2 N–H and O–H groups in total. The van der Waals surface area contributed by atoms with E-state index in [2.05, 4.69) is 5.32 Å². The summed E-state index contributed by atoms with van der Waals surface area (Å²) < 4.78 is 46.8. The maximum absolute atomic E-state index is 14.5. The van der Waals surface area contributed by atoms with Gasteiger partial charge in [-0.1, -0.05) is 23.7 Å². The predicted octanol–water partition coefficient (Wildman–Crippen LogP) is 4.79. The Morgan fingerprint density at radius 2 is 1.88 bits per heavy atom. The standard InChI is InChI=1S/C29H35ClF2N3O7P/c1-4-41-43(39,42-5-2)17-40-21-9-10-25-22(12-21)23(18(3)36)15-34(25)16-27(37)35-14-20(31)11-26(35)29(38)33-13-19-7-6-8-24(30)28(19)32/h6-10,12,15,20,26,39,43H,4-5,11,13-14,16-17H2,1-3H3,(H,33,38)/t20-,26+/m1/s1. The van der Waals surface area contributed by atoms with Crippen molar-refractivity contribution < 1.29 is 41.8 Å². The third-order valence-electron chi connectivity index (χ3n) is 7.06. The van der Waals surface area contributed by atoms with E-state index in [0.717, 1.165) is 4.90 Å². The van der Waals surface area contributed by atoms with E-state index in [9.17, 15) is 28.1 Å². The fraction of sp³-hybridized carbons (Fsp3) is 0.414. The van der Waals surface area contributed by atoms with Crippen LogP contribution in [0.25, 0.3) is 10.9 Å². The summed E-state index contributed by atoms with van der Waals surface area (Å²) in [5.74, 6) is -1.69. The van der Waals surface area contributed by atoms with E-state index in [4.69, 9.17) is 25.4 Å². The number of amides is 2. The average molecular weight is 642 g/mol. The first-order valence-electron chi connectivity index (χ1n) is 13.9. The van der Waals surface area contributed by atoms with Crippen LogP contribution < -0.4 is 10.1 Å². The number of fused-ring (bicyclic) bond motifs is 1. The first kappa shape index (κ1) is 32.8. The molecule has 2 aromatic carbocycles. The number of carbonyl (C=O) groups excluding carboxylic acids is 3. The second kappa shape index (κ2) is 14.1. The van der Waals surface area contributed by atoms with Crippen molar-refractivity contribution in [2.75, 3.05) is 26.1 Å². The molecule has 2 amide bonds. The van der Waals surface area contributed by atoms with Crippen LogP contribution in [0.5, 0.6) is 5.75 Å². The van der Waals surface area contributed by atoms with E-state index in [1.807, 2.05) is 0 Å². The van der Waals surface area contributed by atoms with Crippen molar-refractivity contribution in [2.45, 2.75) is 52.5 Å². The molecule has 0 unspecified atom stereocenters. The molecule has 14 heteroatoms. The topological polar surface area (TPSA) is 119 Å². The summed E-state index contributed by atoms with van der Waals surface area (Å²) in [6.07, 6.45) is -0.269. The summed E-state index contributed by atoms with van der Waals surface area (Å²) >= 11 is 5.81. The molecule has 234 valence electrons. The third kappa shape index (κ3) is 7.69. The van der Waals surface area contributed by atoms with Gasteiger partial charge >= 0.3 is 182 Å². The van der Waals surface area contributed by atoms with Crippen molar-refractivity contribution in [3.05, 3.63) is 64.6 Å². The van der Waals surface area contributed by atoms with Crippen LogP contribution in [0.3, 0.4) is 0 Å². The molecule has 2 heterocycles. The average Bonchev–Trinajstić information content (AvgIpc) is 3.53. The normalized spacial score (nSPS) is 17.3. The first-order valence-corrected chi connectivity index (χ1v) is 16.2. The summed E-state index contributed by atoms with van der Waals surface area (Å²) in [6.45, 7) is 4.65. The van der Waals surface area contributed by atoms with Crippen molar-refractivity contribution in [3.8, 4) is 5.75 Å². The van der Waals surface area contributed by atoms with Gasteiger partial charge < -0.3 is 5.32 Å². The summed E-state index contributed by atoms with van der Waals surface area (Å²) in [6, 6.07) is 8.23. The fourth-order valence-corrected chi connectivity index (χ4v) is 6.75. The van der Waals surface area contributed by atoms with Crippen LogP contribution in [0.2, 0.25) is 5.02 Å². The number of rotatable bonds is 13. The molecule has 0 aliphatic carbocycles. The van der Waals surface area contributed by atoms with Crippen LogP contribution in [0.15, 0.2) is 42.6 Å². The van der Waals surface area contributed by atoms with Gasteiger partial charge in [0.2, 0.25) is 0 Å². The van der Waals surface area contributed by atoms with Gasteiger partial charge in [-0.25, -0.2) is 8.78 Å². The van der Waals surface area contributed by atoms with Crippen LogP contribution in [0, 0.1) is 5.82 Å². The summed E-state index contributed by atoms with van der Waals surface area (Å²) in [5, 5.41) is 3.00. The number of benzene rings is 2. The molecule has 4 rings (SSSR count). The predicted molar refractivity (Wildman–Crippen MR) is 159 cm³/mol. The van der Waals surface area contributed by atoms with Crippen molar-refractivity contribution >= 4 is 48.0 Å². The van der Waals surface area contributed by atoms with Gasteiger partial charge in [-0.2, -0.15) is 0 Å². The Morgan fingerprint density at radius 1 is 1.16 bits per heavy atom. The zero-order chi connectivity index (χ0) is 31.3. The molecule has 43 heavy (non-hydrogen) atoms. The molecule has 1 fully saturated rings. The Hall–Kier alpha value is -3.15. The van der Waals surface area contributed by atoms with Crippen molar-refractivity contribution in [1.29, 1.82) is 0 Å². The maximum atomic E-state index is 14.5. The number of Topliss-reactive ketones (excluding diaryl/α,β-unsaturated/α-hetero) is 1. The van der Waals surface area contributed by atoms with Gasteiger partial charge in [0.05, 0.1) is 5.02 Å². The molecule has 1 saturated heterocycles. The Bertz CT molecular complexity index is 1500. The number of hydrogen-bond acceptors (Lipinski definition) is 7. The quantitative estimate of drug-likeness (QED) is 0.204. The summed E-state index contributed by atoms with van der Waals surface area (Å²) in [7, 11) is -3.55. The van der Waals surface area contributed by atoms with Gasteiger partial charge in [-0.15, -0.1) is 0 Å². The molecular weight excluding hydrogens is 607 g/mol. The number of hydrogen-bond donors (Lipinski definition) is 2. The number of nitrogens with one attached hydrogen (secondary N) is 1. The first-order chi connectivity index (χ1) is 20.5. The van der Waals surface area contributed by atoms with Gasteiger partial charge in [0, 0.05) is 12.1 Å². The molecule has 0 saturated carbocycles. The van der Waals surface area contributed by atoms with E-state index in [1.54, 1.807) is 42.7 Å². The third-order valence-corrected chi connectivity index (χ3v) is 9.34. The minimum absolute atomic E-state index is 0.0878. The van der Waals surface area contributed by atoms with Gasteiger partial charge in [0.25, 0.3) is 0 Å². The van der Waals surface area contributed by atoms with E-state index in [1.165, 1.54) is 25.3 Å². The fourth-order valence-electron chi connectivity index (χ4n) is 5.06. The number of nitrogens with zero attached hydrogens (tertiary/aromatic N) is 2. The number of ether oxygens (including phenoxy) is 1. The van der Waals surface area contributed by atoms with Gasteiger partial charge in [-0.05, 0) is 6.07 Å². The molecular formula is C29H35ClF2N3O7P. The number of likely N-dealkylation sites (tertiary alicyclic amines) is 1. The zero-order valence-electron chi connectivity index (χ0n) is 24.1. The Morgan fingerprint density at radius 3 is 2.56 bits per heavy atom.